The van der Waals surface area contributed by atoms with Crippen LogP contribution in [0.2, 0.25) is 0 Å². The summed E-state index contributed by atoms with van der Waals surface area (Å²) in [7, 11) is 0. The molecule has 1 aliphatic carbocycles. The standard InChI is InChI=1S/C15H25N3O2.ClH/c19-14(12-8-16-9-12)17-13-6-7-18(10-13)15(20)11-4-2-1-3-5-11;/h11-13,16H,1-10H2,(H,17,19);1H. The molecular formula is C15H26ClN3O2. The van der Waals surface area contributed by atoms with Gasteiger partial charge < -0.3 is 15.5 Å². The Morgan fingerprint density at radius 2 is 1.71 bits per heavy atom. The van der Waals surface area contributed by atoms with Gasteiger partial charge in [-0.25, -0.2) is 0 Å². The van der Waals surface area contributed by atoms with Gasteiger partial charge in [0.15, 0.2) is 0 Å². The fraction of sp³-hybridized carbons (Fsp3) is 0.867. The number of carbonyl (C=O) groups is 2. The van der Waals surface area contributed by atoms with Gasteiger partial charge in [0.25, 0.3) is 0 Å². The lowest BCUT2D eigenvalue weighted by Gasteiger charge is -2.28. The molecule has 1 unspecified atom stereocenters. The molecule has 0 radical (unpaired) electrons. The molecule has 6 heteroatoms. The third kappa shape index (κ3) is 3.89. The number of nitrogens with zero attached hydrogens (tertiary/aromatic N) is 1. The predicted molar refractivity (Wildman–Crippen MR) is 83.3 cm³/mol. The Morgan fingerprint density at radius 1 is 1.00 bits per heavy atom. The van der Waals surface area contributed by atoms with Crippen molar-refractivity contribution in [3.8, 4) is 0 Å². The van der Waals surface area contributed by atoms with E-state index in [1.807, 2.05) is 4.90 Å². The minimum atomic E-state index is 0. The van der Waals surface area contributed by atoms with E-state index in [0.717, 1.165) is 38.9 Å². The van der Waals surface area contributed by atoms with Gasteiger partial charge in [0.1, 0.15) is 0 Å². The Morgan fingerprint density at radius 3 is 2.33 bits per heavy atom. The summed E-state index contributed by atoms with van der Waals surface area (Å²) in [5, 5.41) is 6.21. The zero-order chi connectivity index (χ0) is 13.9. The van der Waals surface area contributed by atoms with E-state index >= 15 is 0 Å². The Hall–Kier alpha value is -0.810. The summed E-state index contributed by atoms with van der Waals surface area (Å²) < 4.78 is 0. The quantitative estimate of drug-likeness (QED) is 0.814. The molecule has 0 aromatic carbocycles. The number of halogens is 1. The molecule has 0 spiro atoms. The van der Waals surface area contributed by atoms with Crippen LogP contribution in [-0.2, 0) is 9.59 Å². The van der Waals surface area contributed by atoms with E-state index in [1.165, 1.54) is 19.3 Å². The van der Waals surface area contributed by atoms with E-state index in [-0.39, 0.29) is 36.2 Å². The minimum Gasteiger partial charge on any atom is -0.351 e. The highest BCUT2D eigenvalue weighted by molar-refractivity contribution is 5.85. The van der Waals surface area contributed by atoms with Gasteiger partial charge in [-0.1, -0.05) is 19.3 Å². The predicted octanol–water partition coefficient (Wildman–Crippen LogP) is 0.925. The van der Waals surface area contributed by atoms with Crippen molar-refractivity contribution < 1.29 is 9.59 Å². The van der Waals surface area contributed by atoms with Crippen molar-refractivity contribution in [2.75, 3.05) is 26.2 Å². The van der Waals surface area contributed by atoms with Crippen LogP contribution in [0.3, 0.4) is 0 Å². The lowest BCUT2D eigenvalue weighted by Crippen LogP contribution is -2.53. The molecule has 21 heavy (non-hydrogen) atoms. The maximum atomic E-state index is 12.4. The second-order valence-corrected chi connectivity index (χ2v) is 6.47. The van der Waals surface area contributed by atoms with E-state index in [9.17, 15) is 9.59 Å². The Labute approximate surface area is 132 Å². The summed E-state index contributed by atoms with van der Waals surface area (Å²) in [6.45, 7) is 3.11. The Kier molecular flexibility index (Phi) is 5.88. The first-order valence-electron chi connectivity index (χ1n) is 8.04. The van der Waals surface area contributed by atoms with Gasteiger partial charge in [-0.05, 0) is 19.3 Å². The summed E-state index contributed by atoms with van der Waals surface area (Å²) in [5.41, 5.74) is 0. The molecule has 2 aliphatic heterocycles. The van der Waals surface area contributed by atoms with Crippen LogP contribution in [0.1, 0.15) is 38.5 Å². The van der Waals surface area contributed by atoms with E-state index < -0.39 is 0 Å². The summed E-state index contributed by atoms with van der Waals surface area (Å²) >= 11 is 0. The third-order valence-corrected chi connectivity index (χ3v) is 4.95. The molecule has 0 aromatic rings. The zero-order valence-corrected chi connectivity index (χ0v) is 13.3. The lowest BCUT2D eigenvalue weighted by molar-refractivity contribution is -0.136. The molecule has 0 aromatic heterocycles. The molecule has 3 aliphatic rings. The van der Waals surface area contributed by atoms with Crippen molar-refractivity contribution in [2.45, 2.75) is 44.6 Å². The number of hydrogen-bond donors (Lipinski definition) is 2. The van der Waals surface area contributed by atoms with Crippen molar-refractivity contribution in [2.24, 2.45) is 11.8 Å². The molecule has 2 N–H and O–H groups in total. The van der Waals surface area contributed by atoms with Crippen molar-refractivity contribution in [1.82, 2.24) is 15.5 Å². The molecule has 1 saturated carbocycles. The summed E-state index contributed by atoms with van der Waals surface area (Å²) in [4.78, 5) is 26.3. The molecule has 3 rings (SSSR count). The first-order valence-corrected chi connectivity index (χ1v) is 8.04. The molecule has 2 heterocycles. The number of carbonyl (C=O) groups excluding carboxylic acids is 2. The highest BCUT2D eigenvalue weighted by Crippen LogP contribution is 2.26. The van der Waals surface area contributed by atoms with Crippen molar-refractivity contribution in [1.29, 1.82) is 0 Å². The maximum Gasteiger partial charge on any atom is 0.225 e. The van der Waals surface area contributed by atoms with Crippen molar-refractivity contribution >= 4 is 24.2 Å². The minimum absolute atomic E-state index is 0. The molecule has 2 saturated heterocycles. The van der Waals surface area contributed by atoms with Crippen LogP contribution in [-0.4, -0.2) is 48.9 Å². The summed E-state index contributed by atoms with van der Waals surface area (Å²) in [6, 6.07) is 0.163. The van der Waals surface area contributed by atoms with E-state index in [4.69, 9.17) is 0 Å². The number of hydrogen-bond acceptors (Lipinski definition) is 3. The largest absolute Gasteiger partial charge is 0.351 e. The normalized spacial score (nSPS) is 26.9. The van der Waals surface area contributed by atoms with Crippen LogP contribution < -0.4 is 10.6 Å². The van der Waals surface area contributed by atoms with Crippen LogP contribution in [0.25, 0.3) is 0 Å². The fourth-order valence-corrected chi connectivity index (χ4v) is 3.48. The first-order chi connectivity index (χ1) is 9.74. The first kappa shape index (κ1) is 16.6. The molecule has 120 valence electrons. The van der Waals surface area contributed by atoms with Crippen LogP contribution in [0.5, 0.6) is 0 Å². The highest BCUT2D eigenvalue weighted by atomic mass is 35.5. The average molecular weight is 316 g/mol. The second kappa shape index (κ2) is 7.45. The molecule has 0 bridgehead atoms. The monoisotopic (exact) mass is 315 g/mol. The third-order valence-electron chi connectivity index (χ3n) is 4.95. The molecule has 5 nitrogen and oxygen atoms in total. The molecule has 3 fully saturated rings. The maximum absolute atomic E-state index is 12.4. The van der Waals surface area contributed by atoms with Crippen molar-refractivity contribution in [3.63, 3.8) is 0 Å². The van der Waals surface area contributed by atoms with Gasteiger partial charge in [-0.2, -0.15) is 0 Å². The van der Waals surface area contributed by atoms with Gasteiger partial charge in [-0.15, -0.1) is 12.4 Å². The molecule has 2 amide bonds. The van der Waals surface area contributed by atoms with E-state index in [0.29, 0.717) is 12.5 Å². The van der Waals surface area contributed by atoms with E-state index in [1.54, 1.807) is 0 Å². The lowest BCUT2D eigenvalue weighted by atomic mass is 9.88. The van der Waals surface area contributed by atoms with Crippen LogP contribution in [0, 0.1) is 11.8 Å². The zero-order valence-electron chi connectivity index (χ0n) is 12.5. The Bertz CT molecular complexity index is 381. The van der Waals surface area contributed by atoms with Gasteiger partial charge in [-0.3, -0.25) is 9.59 Å². The van der Waals surface area contributed by atoms with Crippen LogP contribution in [0.4, 0.5) is 0 Å². The van der Waals surface area contributed by atoms with Gasteiger partial charge >= 0.3 is 0 Å². The number of amides is 2. The molecule has 1 atom stereocenters. The second-order valence-electron chi connectivity index (χ2n) is 6.47. The van der Waals surface area contributed by atoms with Crippen LogP contribution in [0.15, 0.2) is 0 Å². The van der Waals surface area contributed by atoms with Crippen molar-refractivity contribution in [3.05, 3.63) is 0 Å². The van der Waals surface area contributed by atoms with Crippen LogP contribution >= 0.6 is 12.4 Å². The van der Waals surface area contributed by atoms with Gasteiger partial charge in [0.2, 0.25) is 11.8 Å². The number of likely N-dealkylation sites (tertiary alicyclic amines) is 1. The Balaban J connectivity index is 0.00000161. The fourth-order valence-electron chi connectivity index (χ4n) is 3.48. The summed E-state index contributed by atoms with van der Waals surface area (Å²) in [6.07, 6.45) is 6.68. The highest BCUT2D eigenvalue weighted by Gasteiger charge is 2.33. The number of nitrogens with one attached hydrogen (secondary N) is 2. The van der Waals surface area contributed by atoms with Gasteiger partial charge in [0, 0.05) is 38.1 Å². The molecular weight excluding hydrogens is 290 g/mol. The average Bonchev–Trinajstić information content (AvgIpc) is 2.85. The SMILES string of the molecule is Cl.O=C(NC1CCN(C(=O)C2CCCCC2)C1)C1CNC1. The smallest absolute Gasteiger partial charge is 0.225 e. The summed E-state index contributed by atoms with van der Waals surface area (Å²) in [5.74, 6) is 0.861. The number of rotatable bonds is 3. The van der Waals surface area contributed by atoms with E-state index in [2.05, 4.69) is 10.6 Å². The van der Waals surface area contributed by atoms with Gasteiger partial charge in [0.05, 0.1) is 5.92 Å². The topological polar surface area (TPSA) is 61.4 Å².